The molecule has 0 atom stereocenters. The molecule has 21 heavy (non-hydrogen) atoms. The van der Waals surface area contributed by atoms with Gasteiger partial charge in [-0.1, -0.05) is 0 Å². The SMILES string of the molecule is O=S(=O)(NCc1ccncc1)c1ccc2c(c1)NCCO2. The Balaban J connectivity index is 1.78. The lowest BCUT2D eigenvalue weighted by Crippen LogP contribution is -2.24. The van der Waals surface area contributed by atoms with Crippen molar-refractivity contribution in [3.63, 3.8) is 0 Å². The van der Waals surface area contributed by atoms with Crippen molar-refractivity contribution < 1.29 is 13.2 Å². The van der Waals surface area contributed by atoms with Gasteiger partial charge in [-0.15, -0.1) is 0 Å². The fourth-order valence-electron chi connectivity index (χ4n) is 2.05. The maximum absolute atomic E-state index is 12.3. The smallest absolute Gasteiger partial charge is 0.240 e. The first-order valence-corrected chi connectivity index (χ1v) is 8.03. The average molecular weight is 305 g/mol. The number of nitrogens with zero attached hydrogens (tertiary/aromatic N) is 1. The van der Waals surface area contributed by atoms with E-state index in [1.807, 2.05) is 0 Å². The third-order valence-corrected chi connectivity index (χ3v) is 4.55. The average Bonchev–Trinajstić information content (AvgIpc) is 2.53. The maximum Gasteiger partial charge on any atom is 0.240 e. The van der Waals surface area contributed by atoms with Gasteiger partial charge in [0.05, 0.1) is 10.6 Å². The summed E-state index contributed by atoms with van der Waals surface area (Å²) < 4.78 is 32.6. The van der Waals surface area contributed by atoms with Crippen LogP contribution in [0.1, 0.15) is 5.56 Å². The normalized spacial score (nSPS) is 13.9. The Morgan fingerprint density at radius 2 is 2.05 bits per heavy atom. The van der Waals surface area contributed by atoms with Crippen LogP contribution < -0.4 is 14.8 Å². The molecular formula is C14H15N3O3S. The quantitative estimate of drug-likeness (QED) is 0.891. The molecule has 3 rings (SSSR count). The summed E-state index contributed by atoms with van der Waals surface area (Å²) in [6.45, 7) is 1.48. The van der Waals surface area contributed by atoms with Crippen molar-refractivity contribution in [2.75, 3.05) is 18.5 Å². The number of ether oxygens (including phenoxy) is 1. The molecule has 0 unspecified atom stereocenters. The second kappa shape index (κ2) is 5.71. The molecule has 2 N–H and O–H groups in total. The van der Waals surface area contributed by atoms with Crippen LogP contribution in [0.25, 0.3) is 0 Å². The molecular weight excluding hydrogens is 290 g/mol. The minimum absolute atomic E-state index is 0.216. The summed E-state index contributed by atoms with van der Waals surface area (Å²) in [6.07, 6.45) is 3.26. The van der Waals surface area contributed by atoms with Crippen LogP contribution in [0.2, 0.25) is 0 Å². The molecule has 2 aromatic rings. The lowest BCUT2D eigenvalue weighted by molar-refractivity contribution is 0.323. The number of hydrogen-bond donors (Lipinski definition) is 2. The molecule has 0 saturated carbocycles. The zero-order valence-corrected chi connectivity index (χ0v) is 12.1. The Kier molecular flexibility index (Phi) is 3.76. The lowest BCUT2D eigenvalue weighted by atomic mass is 10.2. The van der Waals surface area contributed by atoms with Crippen molar-refractivity contribution in [3.05, 3.63) is 48.3 Å². The maximum atomic E-state index is 12.3. The van der Waals surface area contributed by atoms with Crippen LogP contribution in [0.15, 0.2) is 47.6 Å². The zero-order valence-electron chi connectivity index (χ0n) is 11.2. The summed E-state index contributed by atoms with van der Waals surface area (Å²) in [5, 5.41) is 3.12. The largest absolute Gasteiger partial charge is 0.490 e. The van der Waals surface area contributed by atoms with E-state index in [9.17, 15) is 8.42 Å². The Morgan fingerprint density at radius 1 is 1.24 bits per heavy atom. The third-order valence-electron chi connectivity index (χ3n) is 3.15. The van der Waals surface area contributed by atoms with Crippen LogP contribution in [-0.4, -0.2) is 26.6 Å². The molecule has 6 nitrogen and oxygen atoms in total. The minimum Gasteiger partial charge on any atom is -0.490 e. The van der Waals surface area contributed by atoms with E-state index in [1.54, 1.807) is 42.7 Å². The summed E-state index contributed by atoms with van der Waals surface area (Å²) >= 11 is 0. The number of hydrogen-bond acceptors (Lipinski definition) is 5. The number of anilines is 1. The van der Waals surface area contributed by atoms with E-state index in [2.05, 4.69) is 15.0 Å². The highest BCUT2D eigenvalue weighted by atomic mass is 32.2. The van der Waals surface area contributed by atoms with Crippen molar-refractivity contribution in [2.24, 2.45) is 0 Å². The number of fused-ring (bicyclic) bond motifs is 1. The van der Waals surface area contributed by atoms with E-state index < -0.39 is 10.0 Å². The Hall–Kier alpha value is -2.12. The monoisotopic (exact) mass is 305 g/mol. The van der Waals surface area contributed by atoms with Gasteiger partial charge >= 0.3 is 0 Å². The van der Waals surface area contributed by atoms with Crippen molar-refractivity contribution in [2.45, 2.75) is 11.4 Å². The second-order valence-electron chi connectivity index (χ2n) is 4.61. The highest BCUT2D eigenvalue weighted by Crippen LogP contribution is 2.29. The van der Waals surface area contributed by atoms with E-state index in [4.69, 9.17) is 4.74 Å². The predicted molar refractivity (Wildman–Crippen MR) is 78.7 cm³/mol. The standard InChI is InChI=1S/C14H15N3O3S/c18-21(19,17-10-11-3-5-15-6-4-11)12-1-2-14-13(9-12)16-7-8-20-14/h1-6,9,16-17H,7-8,10H2. The molecule has 1 aliphatic rings. The summed E-state index contributed by atoms with van der Waals surface area (Å²) in [5.74, 6) is 0.675. The first-order valence-electron chi connectivity index (χ1n) is 6.54. The van der Waals surface area contributed by atoms with Gasteiger partial charge in [0, 0.05) is 25.5 Å². The fourth-order valence-corrected chi connectivity index (χ4v) is 3.09. The van der Waals surface area contributed by atoms with Gasteiger partial charge in [0.15, 0.2) is 0 Å². The number of benzene rings is 1. The predicted octanol–water partition coefficient (Wildman–Crippen LogP) is 1.36. The fraction of sp³-hybridized carbons (Fsp3) is 0.214. The highest BCUT2D eigenvalue weighted by Gasteiger charge is 2.17. The van der Waals surface area contributed by atoms with Crippen molar-refractivity contribution >= 4 is 15.7 Å². The number of aromatic nitrogens is 1. The van der Waals surface area contributed by atoms with Gasteiger partial charge in [-0.3, -0.25) is 4.98 Å². The minimum atomic E-state index is -3.56. The van der Waals surface area contributed by atoms with Crippen LogP contribution in [0.5, 0.6) is 5.75 Å². The molecule has 0 radical (unpaired) electrons. The highest BCUT2D eigenvalue weighted by molar-refractivity contribution is 7.89. The summed E-state index contributed by atoms with van der Waals surface area (Å²) in [5.41, 5.74) is 1.56. The molecule has 2 heterocycles. The van der Waals surface area contributed by atoms with Gasteiger partial charge in [0.25, 0.3) is 0 Å². The molecule has 0 amide bonds. The second-order valence-corrected chi connectivity index (χ2v) is 6.38. The van der Waals surface area contributed by atoms with Gasteiger partial charge in [0.2, 0.25) is 10.0 Å². The number of pyridine rings is 1. The molecule has 7 heteroatoms. The summed E-state index contributed by atoms with van der Waals surface area (Å²) in [4.78, 5) is 4.11. The van der Waals surface area contributed by atoms with Crippen LogP contribution in [0.4, 0.5) is 5.69 Å². The molecule has 0 bridgehead atoms. The van der Waals surface area contributed by atoms with E-state index in [0.29, 0.717) is 24.6 Å². The van der Waals surface area contributed by atoms with Gasteiger partial charge in [-0.2, -0.15) is 0 Å². The number of sulfonamides is 1. The van der Waals surface area contributed by atoms with E-state index in [-0.39, 0.29) is 11.4 Å². The Labute approximate surface area is 123 Å². The Bertz CT molecular complexity index is 732. The van der Waals surface area contributed by atoms with E-state index >= 15 is 0 Å². The molecule has 110 valence electrons. The van der Waals surface area contributed by atoms with E-state index in [1.165, 1.54) is 0 Å². The van der Waals surface area contributed by atoms with Crippen LogP contribution >= 0.6 is 0 Å². The lowest BCUT2D eigenvalue weighted by Gasteiger charge is -2.19. The van der Waals surface area contributed by atoms with Gasteiger partial charge in [-0.25, -0.2) is 13.1 Å². The molecule has 0 fully saturated rings. The molecule has 1 aromatic heterocycles. The van der Waals surface area contributed by atoms with Crippen LogP contribution in [0.3, 0.4) is 0 Å². The van der Waals surface area contributed by atoms with Crippen LogP contribution in [-0.2, 0) is 16.6 Å². The first-order chi connectivity index (χ1) is 10.1. The summed E-state index contributed by atoms with van der Waals surface area (Å²) in [7, 11) is -3.56. The molecule has 1 aliphatic heterocycles. The van der Waals surface area contributed by atoms with Gasteiger partial charge in [0.1, 0.15) is 12.4 Å². The van der Waals surface area contributed by atoms with Crippen LogP contribution in [0, 0.1) is 0 Å². The molecule has 1 aromatic carbocycles. The Morgan fingerprint density at radius 3 is 2.86 bits per heavy atom. The van der Waals surface area contributed by atoms with Gasteiger partial charge in [-0.05, 0) is 35.9 Å². The number of rotatable bonds is 4. The van der Waals surface area contributed by atoms with Crippen molar-refractivity contribution in [1.82, 2.24) is 9.71 Å². The zero-order chi connectivity index (χ0) is 14.7. The number of nitrogens with one attached hydrogen (secondary N) is 2. The third kappa shape index (κ3) is 3.14. The van der Waals surface area contributed by atoms with Crippen molar-refractivity contribution in [3.8, 4) is 5.75 Å². The molecule has 0 saturated heterocycles. The van der Waals surface area contributed by atoms with Crippen molar-refractivity contribution in [1.29, 1.82) is 0 Å². The first kappa shape index (κ1) is 13.8. The molecule has 0 aliphatic carbocycles. The van der Waals surface area contributed by atoms with E-state index in [0.717, 1.165) is 5.56 Å². The topological polar surface area (TPSA) is 80.3 Å². The van der Waals surface area contributed by atoms with Gasteiger partial charge < -0.3 is 10.1 Å². The summed E-state index contributed by atoms with van der Waals surface area (Å²) in [6, 6.07) is 8.34. The molecule has 0 spiro atoms.